The van der Waals surface area contributed by atoms with E-state index in [-0.39, 0.29) is 12.1 Å². The Morgan fingerprint density at radius 3 is 2.29 bits per heavy atom. The summed E-state index contributed by atoms with van der Waals surface area (Å²) in [5.41, 5.74) is -1.24. The minimum absolute atomic E-state index is 0.200. The lowest BCUT2D eigenvalue weighted by Crippen LogP contribution is -2.55. The molecule has 6 heteroatoms. The van der Waals surface area contributed by atoms with Crippen LogP contribution in [-0.2, 0) is 9.53 Å². The van der Waals surface area contributed by atoms with Crippen molar-refractivity contribution in [1.29, 1.82) is 0 Å². The highest BCUT2D eigenvalue weighted by Crippen LogP contribution is 2.13. The highest BCUT2D eigenvalue weighted by atomic mass is 16.5. The van der Waals surface area contributed by atoms with Crippen molar-refractivity contribution < 1.29 is 19.4 Å². The van der Waals surface area contributed by atoms with E-state index in [1.165, 1.54) is 13.8 Å². The van der Waals surface area contributed by atoms with Crippen LogP contribution in [-0.4, -0.2) is 53.8 Å². The second-order valence-electron chi connectivity index (χ2n) is 4.78. The van der Waals surface area contributed by atoms with Gasteiger partial charge in [0.25, 0.3) is 0 Å². The molecule has 98 valence electrons. The summed E-state index contributed by atoms with van der Waals surface area (Å²) >= 11 is 0. The van der Waals surface area contributed by atoms with Crippen LogP contribution in [0.3, 0.4) is 0 Å². The molecule has 0 spiro atoms. The number of piperidine rings is 1. The number of carbonyl (C=O) groups excluding carboxylic acids is 1. The molecule has 6 nitrogen and oxygen atoms in total. The molecule has 1 rings (SSSR count). The normalized spacial score (nSPS) is 17.9. The highest BCUT2D eigenvalue weighted by molar-refractivity contribution is 5.85. The quantitative estimate of drug-likeness (QED) is 0.764. The standard InChI is InChI=1S/C11H20N2O4/c1-11(2,9(14)15)12-10(16)13-6-4-8(17-3)5-7-13/h8H,4-7H2,1-3H3,(H,12,16)(H,14,15). The van der Waals surface area contributed by atoms with Crippen LogP contribution < -0.4 is 5.32 Å². The Bertz CT molecular complexity index is 296. The van der Waals surface area contributed by atoms with Crippen molar-refractivity contribution in [2.75, 3.05) is 20.2 Å². The fourth-order valence-corrected chi connectivity index (χ4v) is 1.69. The Kier molecular flexibility index (Phi) is 4.34. The summed E-state index contributed by atoms with van der Waals surface area (Å²) < 4.78 is 5.21. The maximum Gasteiger partial charge on any atom is 0.328 e. The zero-order chi connectivity index (χ0) is 13.1. The van der Waals surface area contributed by atoms with E-state index >= 15 is 0 Å². The van der Waals surface area contributed by atoms with Crippen molar-refractivity contribution in [2.24, 2.45) is 0 Å². The van der Waals surface area contributed by atoms with E-state index in [0.29, 0.717) is 13.1 Å². The van der Waals surface area contributed by atoms with E-state index in [4.69, 9.17) is 9.84 Å². The van der Waals surface area contributed by atoms with Gasteiger partial charge in [-0.05, 0) is 26.7 Å². The summed E-state index contributed by atoms with van der Waals surface area (Å²) in [6.07, 6.45) is 1.78. The van der Waals surface area contributed by atoms with Crippen LogP contribution in [0.15, 0.2) is 0 Å². The first-order valence-electron chi connectivity index (χ1n) is 5.70. The molecule has 0 aromatic carbocycles. The number of hydrogen-bond acceptors (Lipinski definition) is 3. The summed E-state index contributed by atoms with van der Waals surface area (Å²) in [7, 11) is 1.66. The fourth-order valence-electron chi connectivity index (χ4n) is 1.69. The molecule has 0 saturated carbocycles. The maximum absolute atomic E-state index is 11.8. The molecule has 17 heavy (non-hydrogen) atoms. The van der Waals surface area contributed by atoms with Crippen LogP contribution in [0.4, 0.5) is 4.79 Å². The molecule has 2 amide bonds. The molecule has 1 fully saturated rings. The van der Waals surface area contributed by atoms with Gasteiger partial charge < -0.3 is 20.1 Å². The number of methoxy groups -OCH3 is 1. The van der Waals surface area contributed by atoms with Crippen molar-refractivity contribution in [2.45, 2.75) is 38.3 Å². The number of nitrogens with one attached hydrogen (secondary N) is 1. The lowest BCUT2D eigenvalue weighted by molar-refractivity contribution is -0.143. The third-order valence-corrected chi connectivity index (χ3v) is 3.02. The van der Waals surface area contributed by atoms with Crippen LogP contribution in [0.25, 0.3) is 0 Å². The minimum Gasteiger partial charge on any atom is -0.480 e. The molecule has 0 aromatic heterocycles. The van der Waals surface area contributed by atoms with Gasteiger partial charge in [-0.25, -0.2) is 9.59 Å². The Balaban J connectivity index is 2.47. The van der Waals surface area contributed by atoms with Crippen LogP contribution in [0.1, 0.15) is 26.7 Å². The van der Waals surface area contributed by atoms with Gasteiger partial charge in [0.2, 0.25) is 0 Å². The van der Waals surface area contributed by atoms with Gasteiger partial charge in [-0.1, -0.05) is 0 Å². The number of carbonyl (C=O) groups is 2. The Labute approximate surface area is 101 Å². The number of carboxylic acid groups (broad SMARTS) is 1. The molecule has 0 aromatic rings. The summed E-state index contributed by atoms with van der Waals surface area (Å²) in [6, 6.07) is -0.327. The molecule has 1 saturated heterocycles. The van der Waals surface area contributed by atoms with Gasteiger partial charge >= 0.3 is 12.0 Å². The zero-order valence-electron chi connectivity index (χ0n) is 10.5. The lowest BCUT2D eigenvalue weighted by atomic mass is 10.1. The first kappa shape index (κ1) is 13.8. The van der Waals surface area contributed by atoms with Crippen molar-refractivity contribution >= 4 is 12.0 Å². The van der Waals surface area contributed by atoms with Crippen molar-refractivity contribution in [3.63, 3.8) is 0 Å². The molecule has 0 radical (unpaired) electrons. The van der Waals surface area contributed by atoms with E-state index in [9.17, 15) is 9.59 Å². The maximum atomic E-state index is 11.8. The molecule has 1 heterocycles. The van der Waals surface area contributed by atoms with E-state index < -0.39 is 11.5 Å². The molecule has 0 atom stereocenters. The van der Waals surface area contributed by atoms with E-state index in [1.54, 1.807) is 12.0 Å². The first-order valence-corrected chi connectivity index (χ1v) is 5.70. The molecular formula is C11H20N2O4. The molecule has 0 aliphatic carbocycles. The topological polar surface area (TPSA) is 78.9 Å². The van der Waals surface area contributed by atoms with Gasteiger partial charge in [-0.3, -0.25) is 0 Å². The predicted molar refractivity (Wildman–Crippen MR) is 61.9 cm³/mol. The second kappa shape index (κ2) is 5.35. The molecular weight excluding hydrogens is 224 g/mol. The van der Waals surface area contributed by atoms with Gasteiger partial charge in [0.15, 0.2) is 0 Å². The van der Waals surface area contributed by atoms with E-state index in [1.807, 2.05) is 0 Å². The number of hydrogen-bond donors (Lipinski definition) is 2. The minimum atomic E-state index is -1.24. The number of carboxylic acids is 1. The fraction of sp³-hybridized carbons (Fsp3) is 0.818. The summed E-state index contributed by atoms with van der Waals surface area (Å²) in [4.78, 5) is 24.3. The summed E-state index contributed by atoms with van der Waals surface area (Å²) in [5, 5.41) is 11.4. The average molecular weight is 244 g/mol. The highest BCUT2D eigenvalue weighted by Gasteiger charge is 2.32. The Morgan fingerprint density at radius 2 is 1.88 bits per heavy atom. The van der Waals surface area contributed by atoms with Crippen molar-refractivity contribution in [3.05, 3.63) is 0 Å². The number of aliphatic carboxylic acids is 1. The van der Waals surface area contributed by atoms with Crippen LogP contribution >= 0.6 is 0 Å². The number of amides is 2. The predicted octanol–water partition coefficient (Wildman–Crippen LogP) is 0.670. The van der Waals surface area contributed by atoms with Crippen molar-refractivity contribution in [1.82, 2.24) is 10.2 Å². The van der Waals surface area contributed by atoms with Crippen LogP contribution in [0.5, 0.6) is 0 Å². The summed E-state index contributed by atoms with van der Waals surface area (Å²) in [5.74, 6) is -1.04. The lowest BCUT2D eigenvalue weighted by Gasteiger charge is -2.33. The summed E-state index contributed by atoms with van der Waals surface area (Å²) in [6.45, 7) is 4.13. The van der Waals surface area contributed by atoms with Crippen LogP contribution in [0.2, 0.25) is 0 Å². The van der Waals surface area contributed by atoms with Gasteiger partial charge in [0, 0.05) is 20.2 Å². The second-order valence-corrected chi connectivity index (χ2v) is 4.78. The smallest absolute Gasteiger partial charge is 0.328 e. The van der Waals surface area contributed by atoms with Crippen molar-refractivity contribution in [3.8, 4) is 0 Å². The SMILES string of the molecule is COC1CCN(C(=O)NC(C)(C)C(=O)O)CC1. The third-order valence-electron chi connectivity index (χ3n) is 3.02. The van der Waals surface area contributed by atoms with E-state index in [0.717, 1.165) is 12.8 Å². The monoisotopic (exact) mass is 244 g/mol. The van der Waals surface area contributed by atoms with Crippen LogP contribution in [0, 0.1) is 0 Å². The molecule has 1 aliphatic heterocycles. The number of nitrogens with zero attached hydrogens (tertiary/aromatic N) is 1. The van der Waals surface area contributed by atoms with Gasteiger partial charge in [-0.15, -0.1) is 0 Å². The molecule has 2 N–H and O–H groups in total. The first-order chi connectivity index (χ1) is 7.86. The van der Waals surface area contributed by atoms with Gasteiger partial charge in [0.05, 0.1) is 6.10 Å². The number of ether oxygens (including phenoxy) is 1. The molecule has 0 bridgehead atoms. The zero-order valence-corrected chi connectivity index (χ0v) is 10.5. The Hall–Kier alpha value is -1.30. The Morgan fingerprint density at radius 1 is 1.35 bits per heavy atom. The molecule has 0 unspecified atom stereocenters. The average Bonchev–Trinajstić information content (AvgIpc) is 2.28. The molecule has 1 aliphatic rings. The number of likely N-dealkylation sites (tertiary alicyclic amines) is 1. The third kappa shape index (κ3) is 3.59. The van der Waals surface area contributed by atoms with E-state index in [2.05, 4.69) is 5.32 Å². The number of rotatable bonds is 3. The van der Waals surface area contributed by atoms with Gasteiger partial charge in [0.1, 0.15) is 5.54 Å². The van der Waals surface area contributed by atoms with Gasteiger partial charge in [-0.2, -0.15) is 0 Å². The number of urea groups is 1. The largest absolute Gasteiger partial charge is 0.480 e.